The molecule has 0 spiro atoms. The molecule has 0 radical (unpaired) electrons. The monoisotopic (exact) mass is 269 g/mol. The Morgan fingerprint density at radius 3 is 3.00 bits per heavy atom. The van der Waals surface area contributed by atoms with Crippen LogP contribution < -0.4 is 5.32 Å². The van der Waals surface area contributed by atoms with Crippen molar-refractivity contribution in [3.63, 3.8) is 0 Å². The highest BCUT2D eigenvalue weighted by atomic mass is 35.5. The molecule has 0 amide bonds. The Bertz CT molecular complexity index is 400. The number of nitrogens with zero attached hydrogens (tertiary/aromatic N) is 2. The first-order valence-corrected chi connectivity index (χ1v) is 6.95. The van der Waals surface area contributed by atoms with Crippen molar-refractivity contribution in [2.45, 2.75) is 39.2 Å². The summed E-state index contributed by atoms with van der Waals surface area (Å²) in [4.78, 5) is 8.34. The van der Waals surface area contributed by atoms with Crippen molar-refractivity contribution in [3.8, 4) is 0 Å². The second-order valence-electron chi connectivity index (χ2n) is 4.75. The Morgan fingerprint density at radius 1 is 1.50 bits per heavy atom. The van der Waals surface area contributed by atoms with E-state index in [9.17, 15) is 0 Å². The van der Waals surface area contributed by atoms with Gasteiger partial charge >= 0.3 is 0 Å². The summed E-state index contributed by atoms with van der Waals surface area (Å²) in [5.41, 5.74) is 1.02. The molecule has 1 aliphatic rings. The molecule has 2 heterocycles. The van der Waals surface area contributed by atoms with Crippen LogP contribution in [0.1, 0.15) is 32.3 Å². The molecule has 100 valence electrons. The summed E-state index contributed by atoms with van der Waals surface area (Å²) in [6, 6.07) is 0. The van der Waals surface area contributed by atoms with Crippen molar-refractivity contribution >= 4 is 17.4 Å². The van der Waals surface area contributed by atoms with Gasteiger partial charge < -0.3 is 10.1 Å². The standard InChI is InChI=1S/C13H20ClN3O/c1-3-4-11-12(14)16-8-17-13(11)15-7-10-5-6-18-9(10)2/h8-10H,3-7H2,1-2H3,(H,15,16,17). The Balaban J connectivity index is 2.02. The zero-order valence-electron chi connectivity index (χ0n) is 10.9. The van der Waals surface area contributed by atoms with E-state index < -0.39 is 0 Å². The topological polar surface area (TPSA) is 47.0 Å². The predicted octanol–water partition coefficient (Wildman–Crippen LogP) is 2.92. The van der Waals surface area contributed by atoms with Crippen molar-refractivity contribution in [1.82, 2.24) is 9.97 Å². The molecule has 0 bridgehead atoms. The second kappa shape index (κ2) is 6.34. The fourth-order valence-corrected chi connectivity index (χ4v) is 2.51. The van der Waals surface area contributed by atoms with Gasteiger partial charge in [-0.15, -0.1) is 0 Å². The summed E-state index contributed by atoms with van der Waals surface area (Å²) in [5.74, 6) is 1.42. The van der Waals surface area contributed by atoms with Crippen LogP contribution in [0.15, 0.2) is 6.33 Å². The average molecular weight is 270 g/mol. The zero-order chi connectivity index (χ0) is 13.0. The van der Waals surface area contributed by atoms with Gasteiger partial charge in [0, 0.05) is 24.6 Å². The molecule has 18 heavy (non-hydrogen) atoms. The number of ether oxygens (including phenoxy) is 1. The van der Waals surface area contributed by atoms with Crippen LogP contribution in [0, 0.1) is 5.92 Å². The van der Waals surface area contributed by atoms with Gasteiger partial charge in [0.25, 0.3) is 0 Å². The van der Waals surface area contributed by atoms with Crippen LogP contribution in [0.25, 0.3) is 0 Å². The lowest BCUT2D eigenvalue weighted by Gasteiger charge is -2.17. The molecular weight excluding hydrogens is 250 g/mol. The summed E-state index contributed by atoms with van der Waals surface area (Å²) in [5, 5.41) is 3.96. The summed E-state index contributed by atoms with van der Waals surface area (Å²) >= 11 is 6.12. The maximum Gasteiger partial charge on any atom is 0.137 e. The molecule has 1 N–H and O–H groups in total. The number of rotatable bonds is 5. The van der Waals surface area contributed by atoms with E-state index in [4.69, 9.17) is 16.3 Å². The molecule has 1 fully saturated rings. The van der Waals surface area contributed by atoms with Crippen LogP contribution in [0.2, 0.25) is 5.15 Å². The average Bonchev–Trinajstić information content (AvgIpc) is 2.76. The maximum atomic E-state index is 6.12. The van der Waals surface area contributed by atoms with E-state index in [1.807, 2.05) is 0 Å². The molecule has 0 aliphatic carbocycles. The fraction of sp³-hybridized carbons (Fsp3) is 0.692. The van der Waals surface area contributed by atoms with Crippen LogP contribution in [0.5, 0.6) is 0 Å². The van der Waals surface area contributed by atoms with Crippen molar-refractivity contribution in [3.05, 3.63) is 17.0 Å². The van der Waals surface area contributed by atoms with Crippen molar-refractivity contribution in [2.75, 3.05) is 18.5 Å². The molecule has 4 nitrogen and oxygen atoms in total. The van der Waals surface area contributed by atoms with Crippen LogP contribution in [0.4, 0.5) is 5.82 Å². The number of halogens is 1. The van der Waals surface area contributed by atoms with E-state index in [-0.39, 0.29) is 0 Å². The quantitative estimate of drug-likeness (QED) is 0.835. The lowest BCUT2D eigenvalue weighted by atomic mass is 10.0. The van der Waals surface area contributed by atoms with E-state index in [2.05, 4.69) is 29.1 Å². The first-order valence-electron chi connectivity index (χ1n) is 6.57. The largest absolute Gasteiger partial charge is 0.378 e. The summed E-state index contributed by atoms with van der Waals surface area (Å²) in [7, 11) is 0. The molecule has 5 heteroatoms. The third-order valence-corrected chi connectivity index (χ3v) is 3.78. The predicted molar refractivity (Wildman–Crippen MR) is 73.0 cm³/mol. The highest BCUT2D eigenvalue weighted by molar-refractivity contribution is 6.30. The maximum absolute atomic E-state index is 6.12. The van der Waals surface area contributed by atoms with E-state index in [1.54, 1.807) is 0 Å². The van der Waals surface area contributed by atoms with Crippen LogP contribution in [-0.2, 0) is 11.2 Å². The minimum absolute atomic E-state index is 0.324. The molecule has 1 saturated heterocycles. The van der Waals surface area contributed by atoms with Gasteiger partial charge in [-0.3, -0.25) is 0 Å². The third-order valence-electron chi connectivity index (χ3n) is 3.46. The summed E-state index contributed by atoms with van der Waals surface area (Å²) < 4.78 is 5.56. The molecule has 2 rings (SSSR count). The zero-order valence-corrected chi connectivity index (χ0v) is 11.7. The van der Waals surface area contributed by atoms with Crippen LogP contribution >= 0.6 is 11.6 Å². The van der Waals surface area contributed by atoms with Gasteiger partial charge in [0.2, 0.25) is 0 Å². The fourth-order valence-electron chi connectivity index (χ4n) is 2.29. The number of hydrogen-bond donors (Lipinski definition) is 1. The number of anilines is 1. The minimum atomic E-state index is 0.324. The van der Waals surface area contributed by atoms with Gasteiger partial charge in [0.05, 0.1) is 6.10 Å². The van der Waals surface area contributed by atoms with Crippen LogP contribution in [0.3, 0.4) is 0 Å². The molecule has 2 unspecified atom stereocenters. The second-order valence-corrected chi connectivity index (χ2v) is 5.11. The highest BCUT2D eigenvalue weighted by Gasteiger charge is 2.24. The highest BCUT2D eigenvalue weighted by Crippen LogP contribution is 2.24. The first-order chi connectivity index (χ1) is 8.72. The van der Waals surface area contributed by atoms with E-state index in [0.717, 1.165) is 43.8 Å². The van der Waals surface area contributed by atoms with Gasteiger partial charge in [-0.05, 0) is 19.8 Å². The minimum Gasteiger partial charge on any atom is -0.378 e. The van der Waals surface area contributed by atoms with Crippen molar-refractivity contribution < 1.29 is 4.74 Å². The van der Waals surface area contributed by atoms with Crippen molar-refractivity contribution in [1.29, 1.82) is 0 Å². The number of aromatic nitrogens is 2. The number of hydrogen-bond acceptors (Lipinski definition) is 4. The summed E-state index contributed by atoms with van der Waals surface area (Å²) in [6.07, 6.45) is 4.88. The van der Waals surface area contributed by atoms with Crippen molar-refractivity contribution in [2.24, 2.45) is 5.92 Å². The van der Waals surface area contributed by atoms with Gasteiger partial charge in [0.15, 0.2) is 0 Å². The first kappa shape index (κ1) is 13.6. The molecule has 0 aromatic carbocycles. The van der Waals surface area contributed by atoms with Gasteiger partial charge in [-0.2, -0.15) is 0 Å². The Hall–Kier alpha value is -0.870. The molecule has 2 atom stereocenters. The lowest BCUT2D eigenvalue weighted by Crippen LogP contribution is -2.21. The van der Waals surface area contributed by atoms with Gasteiger partial charge in [-0.25, -0.2) is 9.97 Å². The Kier molecular flexibility index (Phi) is 4.78. The smallest absolute Gasteiger partial charge is 0.137 e. The SMILES string of the molecule is CCCc1c(Cl)ncnc1NCC1CCOC1C. The molecule has 1 aromatic heterocycles. The molecular formula is C13H20ClN3O. The van der Waals surface area contributed by atoms with E-state index in [1.165, 1.54) is 6.33 Å². The van der Waals surface area contributed by atoms with Gasteiger partial charge in [0.1, 0.15) is 17.3 Å². The van der Waals surface area contributed by atoms with Crippen LogP contribution in [-0.4, -0.2) is 29.2 Å². The normalized spacial score (nSPS) is 23.3. The summed E-state index contributed by atoms with van der Waals surface area (Å²) in [6.45, 7) is 5.99. The Morgan fingerprint density at radius 2 is 2.33 bits per heavy atom. The van der Waals surface area contributed by atoms with Gasteiger partial charge in [-0.1, -0.05) is 24.9 Å². The lowest BCUT2D eigenvalue weighted by molar-refractivity contribution is 0.108. The third kappa shape index (κ3) is 3.12. The molecule has 0 saturated carbocycles. The molecule has 1 aliphatic heterocycles. The Labute approximate surface area is 113 Å². The van der Waals surface area contributed by atoms with E-state index >= 15 is 0 Å². The number of nitrogens with one attached hydrogen (secondary N) is 1. The molecule has 1 aromatic rings. The van der Waals surface area contributed by atoms with E-state index in [0.29, 0.717) is 17.2 Å².